The van der Waals surface area contributed by atoms with Gasteiger partial charge in [-0.15, -0.1) is 21.5 Å². The first kappa shape index (κ1) is 24.2. The summed E-state index contributed by atoms with van der Waals surface area (Å²) < 4.78 is 2.42. The van der Waals surface area contributed by atoms with Crippen LogP contribution in [0.4, 0.5) is 5.69 Å². The van der Waals surface area contributed by atoms with E-state index in [2.05, 4.69) is 41.7 Å². The van der Waals surface area contributed by atoms with Gasteiger partial charge in [0.1, 0.15) is 11.6 Å². The first-order valence-corrected chi connectivity index (χ1v) is 14.0. The summed E-state index contributed by atoms with van der Waals surface area (Å²) in [6.45, 7) is 8.73. The topological polar surface area (TPSA) is 72.7 Å². The van der Waals surface area contributed by atoms with Gasteiger partial charge in [0.25, 0.3) is 0 Å². The second kappa shape index (κ2) is 10.2. The average Bonchev–Trinajstić information content (AvgIpc) is 3.30. The molecule has 35 heavy (non-hydrogen) atoms. The third-order valence-corrected chi connectivity index (χ3v) is 8.23. The molecule has 7 heteroatoms. The van der Waals surface area contributed by atoms with E-state index in [9.17, 15) is 4.79 Å². The number of carbonyl (C=O) groups excluding carboxylic acids is 1. The highest BCUT2D eigenvalue weighted by Crippen LogP contribution is 2.48. The van der Waals surface area contributed by atoms with Crippen LogP contribution in [0.25, 0.3) is 0 Å². The molecule has 2 saturated carbocycles. The van der Waals surface area contributed by atoms with Gasteiger partial charge in [0, 0.05) is 48.0 Å². The van der Waals surface area contributed by atoms with Gasteiger partial charge in [0.2, 0.25) is 5.91 Å². The molecule has 1 unspecified atom stereocenters. The lowest BCUT2D eigenvalue weighted by molar-refractivity contribution is -0.116. The highest BCUT2D eigenvalue weighted by molar-refractivity contribution is 7.09. The minimum absolute atomic E-state index is 0.0195. The molecule has 1 N–H and O–H groups in total. The summed E-state index contributed by atoms with van der Waals surface area (Å²) in [5.41, 5.74) is 3.15. The Labute approximate surface area is 212 Å². The summed E-state index contributed by atoms with van der Waals surface area (Å²) in [6, 6.07) is 6.62. The molecule has 0 bridgehead atoms. The van der Waals surface area contributed by atoms with Crippen LogP contribution < -0.4 is 5.32 Å². The lowest BCUT2D eigenvalue weighted by Gasteiger charge is -2.36. The van der Waals surface area contributed by atoms with Gasteiger partial charge in [-0.1, -0.05) is 31.5 Å². The maximum absolute atomic E-state index is 13.2. The van der Waals surface area contributed by atoms with Crippen LogP contribution in [0.15, 0.2) is 29.8 Å². The minimum atomic E-state index is -0.0414. The molecule has 3 aromatic rings. The third kappa shape index (κ3) is 5.66. The monoisotopic (exact) mass is 491 g/mol. The fourth-order valence-corrected chi connectivity index (χ4v) is 6.28. The molecule has 5 rings (SSSR count). The van der Waals surface area contributed by atoms with Crippen molar-refractivity contribution < 1.29 is 4.79 Å². The van der Waals surface area contributed by atoms with Crippen molar-refractivity contribution in [1.82, 2.24) is 19.7 Å². The van der Waals surface area contributed by atoms with Crippen molar-refractivity contribution in [2.24, 2.45) is 11.8 Å². The smallest absolute Gasteiger partial charge is 0.225 e. The summed E-state index contributed by atoms with van der Waals surface area (Å²) >= 11 is 1.65. The Morgan fingerprint density at radius 3 is 2.66 bits per heavy atom. The van der Waals surface area contributed by atoms with E-state index >= 15 is 0 Å². The fourth-order valence-electron chi connectivity index (χ4n) is 5.58. The number of aromatic nitrogens is 4. The van der Waals surface area contributed by atoms with Crippen molar-refractivity contribution >= 4 is 22.9 Å². The van der Waals surface area contributed by atoms with E-state index in [0.717, 1.165) is 39.7 Å². The van der Waals surface area contributed by atoms with E-state index in [1.807, 2.05) is 30.6 Å². The van der Waals surface area contributed by atoms with Crippen LogP contribution in [-0.4, -0.2) is 25.7 Å². The summed E-state index contributed by atoms with van der Waals surface area (Å²) in [4.78, 5) is 17.7. The van der Waals surface area contributed by atoms with Gasteiger partial charge in [-0.05, 0) is 69.4 Å². The standard InChI is InChI=1S/C28H37N5OS/c1-17(2)11-20-13-21(14-20)27-31-32-28(33(27)23-6-7-23)22(16-26-29-9-10-35-26)15-25(34)30-24-8-5-18(3)12-19(24)4/h5,8-10,12,17,20-23H,6-7,11,13-16H2,1-4H3,(H,30,34). The van der Waals surface area contributed by atoms with Gasteiger partial charge in [-0.3, -0.25) is 4.79 Å². The number of hydrogen-bond donors (Lipinski definition) is 1. The quantitative estimate of drug-likeness (QED) is 0.348. The number of thiazole rings is 1. The van der Waals surface area contributed by atoms with Gasteiger partial charge in [0.05, 0.1) is 5.01 Å². The maximum atomic E-state index is 13.2. The molecule has 186 valence electrons. The number of benzene rings is 1. The van der Waals surface area contributed by atoms with Crippen LogP contribution in [0, 0.1) is 25.7 Å². The van der Waals surface area contributed by atoms with Crippen LogP contribution in [0.1, 0.15) is 98.0 Å². The molecule has 0 saturated heterocycles. The average molecular weight is 492 g/mol. The number of rotatable bonds is 10. The van der Waals surface area contributed by atoms with Crippen molar-refractivity contribution in [3.63, 3.8) is 0 Å². The first-order valence-electron chi connectivity index (χ1n) is 13.1. The van der Waals surface area contributed by atoms with Gasteiger partial charge in [0.15, 0.2) is 0 Å². The minimum Gasteiger partial charge on any atom is -0.326 e. The van der Waals surface area contributed by atoms with Gasteiger partial charge < -0.3 is 9.88 Å². The Bertz CT molecular complexity index is 1160. The van der Waals surface area contributed by atoms with E-state index in [0.29, 0.717) is 24.8 Å². The van der Waals surface area contributed by atoms with E-state index in [-0.39, 0.29) is 11.8 Å². The molecule has 1 atom stereocenters. The molecule has 6 nitrogen and oxygen atoms in total. The molecule has 2 fully saturated rings. The highest BCUT2D eigenvalue weighted by Gasteiger charge is 2.39. The number of nitrogens with zero attached hydrogens (tertiary/aromatic N) is 4. The second-order valence-corrected chi connectivity index (χ2v) is 12.1. The van der Waals surface area contributed by atoms with Crippen molar-refractivity contribution in [1.29, 1.82) is 0 Å². The van der Waals surface area contributed by atoms with Gasteiger partial charge >= 0.3 is 0 Å². The summed E-state index contributed by atoms with van der Waals surface area (Å²) in [7, 11) is 0. The number of aryl methyl sites for hydroxylation is 2. The van der Waals surface area contributed by atoms with Crippen molar-refractivity contribution in [2.45, 2.75) is 90.5 Å². The Hall–Kier alpha value is -2.54. The molecule has 1 amide bonds. The zero-order valence-corrected chi connectivity index (χ0v) is 22.1. The van der Waals surface area contributed by atoms with Crippen LogP contribution in [-0.2, 0) is 11.2 Å². The van der Waals surface area contributed by atoms with E-state index in [1.165, 1.54) is 37.7 Å². The molecule has 2 aromatic heterocycles. The normalized spacial score (nSPS) is 20.6. The van der Waals surface area contributed by atoms with E-state index in [1.54, 1.807) is 11.3 Å². The summed E-state index contributed by atoms with van der Waals surface area (Å²) in [5, 5.41) is 15.7. The SMILES string of the molecule is Cc1ccc(NC(=O)CC(Cc2nccs2)c2nnc(C3CC(CC(C)C)C3)n2C2CC2)c(C)c1. The number of amides is 1. The first-order chi connectivity index (χ1) is 16.9. The van der Waals surface area contributed by atoms with E-state index < -0.39 is 0 Å². The Balaban J connectivity index is 1.37. The van der Waals surface area contributed by atoms with Crippen LogP contribution >= 0.6 is 11.3 Å². The molecular weight excluding hydrogens is 454 g/mol. The lowest BCUT2D eigenvalue weighted by Crippen LogP contribution is -2.27. The molecule has 0 radical (unpaired) electrons. The van der Waals surface area contributed by atoms with E-state index in [4.69, 9.17) is 10.2 Å². The second-order valence-electron chi connectivity index (χ2n) is 11.1. The van der Waals surface area contributed by atoms with Crippen molar-refractivity contribution in [3.05, 3.63) is 57.6 Å². The van der Waals surface area contributed by atoms with Gasteiger partial charge in [-0.25, -0.2) is 4.98 Å². The Kier molecular flexibility index (Phi) is 7.05. The summed E-state index contributed by atoms with van der Waals surface area (Å²) in [5.74, 6) is 4.16. The predicted molar refractivity (Wildman–Crippen MR) is 141 cm³/mol. The largest absolute Gasteiger partial charge is 0.326 e. The van der Waals surface area contributed by atoms with Crippen molar-refractivity contribution in [2.75, 3.05) is 5.32 Å². The molecule has 1 aromatic carbocycles. The number of anilines is 1. The number of hydrogen-bond acceptors (Lipinski definition) is 5. The molecule has 2 aliphatic rings. The number of nitrogens with one attached hydrogen (secondary N) is 1. The zero-order valence-electron chi connectivity index (χ0n) is 21.3. The Morgan fingerprint density at radius 1 is 1.20 bits per heavy atom. The molecular formula is C28H37N5OS. The van der Waals surface area contributed by atoms with Crippen molar-refractivity contribution in [3.8, 4) is 0 Å². The third-order valence-electron chi connectivity index (χ3n) is 7.42. The fraction of sp³-hybridized carbons (Fsp3) is 0.571. The van der Waals surface area contributed by atoms with Gasteiger partial charge in [-0.2, -0.15) is 0 Å². The lowest BCUT2D eigenvalue weighted by atomic mass is 9.71. The molecule has 0 aliphatic heterocycles. The van der Waals surface area contributed by atoms with Crippen LogP contribution in [0.5, 0.6) is 0 Å². The zero-order chi connectivity index (χ0) is 24.5. The molecule has 2 heterocycles. The molecule has 2 aliphatic carbocycles. The number of carbonyl (C=O) groups is 1. The Morgan fingerprint density at radius 2 is 2.00 bits per heavy atom. The summed E-state index contributed by atoms with van der Waals surface area (Å²) in [6.07, 6.45) is 9.01. The molecule has 0 spiro atoms. The highest BCUT2D eigenvalue weighted by atomic mass is 32.1. The van der Waals surface area contributed by atoms with Crippen LogP contribution in [0.2, 0.25) is 0 Å². The van der Waals surface area contributed by atoms with Crippen LogP contribution in [0.3, 0.4) is 0 Å². The predicted octanol–water partition coefficient (Wildman–Crippen LogP) is 6.58. The maximum Gasteiger partial charge on any atom is 0.225 e.